The molecule has 1 N–H and O–H groups in total. The highest BCUT2D eigenvalue weighted by Crippen LogP contribution is 2.28. The summed E-state index contributed by atoms with van der Waals surface area (Å²) >= 11 is 2.71. The van der Waals surface area contributed by atoms with Crippen LogP contribution in [0.1, 0.15) is 12.5 Å². The number of thiophene rings is 1. The van der Waals surface area contributed by atoms with Gasteiger partial charge in [-0.25, -0.2) is 0 Å². The molecular formula is C16H12N4O2S2. The molecule has 24 heavy (non-hydrogen) atoms. The van der Waals surface area contributed by atoms with Crippen LogP contribution in [0.5, 0.6) is 0 Å². The van der Waals surface area contributed by atoms with E-state index in [9.17, 15) is 4.79 Å². The maximum absolute atomic E-state index is 12.2. The SMILES string of the molecule is CC(Sc1nnc(-c2cccs2)o1)C(=O)Nc1ccc(C#N)cc1. The molecule has 2 aromatic heterocycles. The average Bonchev–Trinajstić information content (AvgIpc) is 3.26. The van der Waals surface area contributed by atoms with Gasteiger partial charge < -0.3 is 9.73 Å². The van der Waals surface area contributed by atoms with Crippen LogP contribution in [0.3, 0.4) is 0 Å². The average molecular weight is 356 g/mol. The summed E-state index contributed by atoms with van der Waals surface area (Å²) in [5.74, 6) is 0.271. The van der Waals surface area contributed by atoms with Gasteiger partial charge in [0.2, 0.25) is 5.91 Å². The largest absolute Gasteiger partial charge is 0.410 e. The molecule has 0 aliphatic rings. The van der Waals surface area contributed by atoms with Gasteiger partial charge in [0, 0.05) is 5.69 Å². The Kier molecular flexibility index (Phi) is 4.93. The molecule has 3 rings (SSSR count). The predicted octanol–water partition coefficient (Wildman–Crippen LogP) is 3.79. The predicted molar refractivity (Wildman–Crippen MR) is 92.7 cm³/mol. The van der Waals surface area contributed by atoms with Crippen molar-refractivity contribution in [1.82, 2.24) is 10.2 Å². The van der Waals surface area contributed by atoms with Crippen LogP contribution in [-0.2, 0) is 4.79 Å². The molecule has 0 aliphatic heterocycles. The van der Waals surface area contributed by atoms with E-state index in [0.717, 1.165) is 4.88 Å². The monoisotopic (exact) mass is 356 g/mol. The number of rotatable bonds is 5. The number of benzene rings is 1. The van der Waals surface area contributed by atoms with E-state index >= 15 is 0 Å². The minimum absolute atomic E-state index is 0.180. The maximum Gasteiger partial charge on any atom is 0.277 e. The zero-order valence-corrected chi connectivity index (χ0v) is 14.2. The molecular weight excluding hydrogens is 344 g/mol. The second-order valence-corrected chi connectivity index (χ2v) is 7.03. The molecule has 0 bridgehead atoms. The smallest absolute Gasteiger partial charge is 0.277 e. The summed E-state index contributed by atoms with van der Waals surface area (Å²) in [5, 5.41) is 21.4. The highest BCUT2D eigenvalue weighted by Gasteiger charge is 2.19. The van der Waals surface area contributed by atoms with Gasteiger partial charge in [0.05, 0.1) is 21.8 Å². The van der Waals surface area contributed by atoms with Crippen LogP contribution < -0.4 is 5.32 Å². The fourth-order valence-corrected chi connectivity index (χ4v) is 3.16. The molecule has 8 heteroatoms. The van der Waals surface area contributed by atoms with E-state index in [1.54, 1.807) is 31.2 Å². The number of carbonyl (C=O) groups excluding carboxylic acids is 1. The molecule has 0 aliphatic carbocycles. The Morgan fingerprint density at radius 1 is 1.33 bits per heavy atom. The molecule has 0 fully saturated rings. The van der Waals surface area contributed by atoms with Gasteiger partial charge in [-0.1, -0.05) is 17.8 Å². The van der Waals surface area contributed by atoms with E-state index in [2.05, 4.69) is 15.5 Å². The van der Waals surface area contributed by atoms with Crippen LogP contribution in [0.4, 0.5) is 5.69 Å². The van der Waals surface area contributed by atoms with Crippen LogP contribution in [0.15, 0.2) is 51.4 Å². The Bertz CT molecular complexity index is 866. The number of aromatic nitrogens is 2. The number of thioether (sulfide) groups is 1. The standard InChI is InChI=1S/C16H12N4O2S2/c1-10(14(21)18-12-6-4-11(9-17)5-7-12)24-16-20-19-15(22-16)13-3-2-8-23-13/h2-8,10H,1H3,(H,18,21). The molecule has 0 radical (unpaired) electrons. The molecule has 0 saturated carbocycles. The minimum Gasteiger partial charge on any atom is -0.410 e. The van der Waals surface area contributed by atoms with Gasteiger partial charge >= 0.3 is 0 Å². The Balaban J connectivity index is 1.60. The van der Waals surface area contributed by atoms with Crippen LogP contribution in [0, 0.1) is 11.3 Å². The normalized spacial score (nSPS) is 11.7. The summed E-state index contributed by atoms with van der Waals surface area (Å²) in [5.41, 5.74) is 1.18. The van der Waals surface area contributed by atoms with Crippen molar-refractivity contribution in [3.63, 3.8) is 0 Å². The van der Waals surface area contributed by atoms with Crippen LogP contribution in [-0.4, -0.2) is 21.4 Å². The second kappa shape index (κ2) is 7.29. The van der Waals surface area contributed by atoms with Crippen LogP contribution in [0.25, 0.3) is 10.8 Å². The Hall–Kier alpha value is -2.63. The number of nitriles is 1. The van der Waals surface area contributed by atoms with Crippen molar-refractivity contribution in [2.24, 2.45) is 0 Å². The van der Waals surface area contributed by atoms with Crippen molar-refractivity contribution in [3.8, 4) is 16.8 Å². The maximum atomic E-state index is 12.2. The van der Waals surface area contributed by atoms with E-state index < -0.39 is 5.25 Å². The number of nitrogens with one attached hydrogen (secondary N) is 1. The van der Waals surface area contributed by atoms with Gasteiger partial charge in [0.25, 0.3) is 11.1 Å². The summed E-state index contributed by atoms with van der Waals surface area (Å²) in [4.78, 5) is 13.1. The Labute approximate surface area is 146 Å². The molecule has 1 amide bonds. The van der Waals surface area contributed by atoms with Gasteiger partial charge in [-0.05, 0) is 42.6 Å². The van der Waals surface area contributed by atoms with Gasteiger partial charge in [-0.15, -0.1) is 21.5 Å². The van der Waals surface area contributed by atoms with Crippen molar-refractivity contribution in [2.45, 2.75) is 17.4 Å². The summed E-state index contributed by atoms with van der Waals surface area (Å²) in [6.45, 7) is 1.76. The Morgan fingerprint density at radius 2 is 2.12 bits per heavy atom. The summed E-state index contributed by atoms with van der Waals surface area (Å²) in [6.07, 6.45) is 0. The first kappa shape index (κ1) is 16.2. The van der Waals surface area contributed by atoms with Crippen molar-refractivity contribution >= 4 is 34.7 Å². The zero-order chi connectivity index (χ0) is 16.9. The zero-order valence-electron chi connectivity index (χ0n) is 12.6. The fourth-order valence-electron chi connectivity index (χ4n) is 1.83. The van der Waals surface area contributed by atoms with Gasteiger partial charge in [0.1, 0.15) is 0 Å². The van der Waals surface area contributed by atoms with E-state index in [0.29, 0.717) is 22.4 Å². The van der Waals surface area contributed by atoms with Crippen molar-refractivity contribution < 1.29 is 9.21 Å². The van der Waals surface area contributed by atoms with Crippen molar-refractivity contribution in [1.29, 1.82) is 5.26 Å². The lowest BCUT2D eigenvalue weighted by Crippen LogP contribution is -2.22. The first-order valence-electron chi connectivity index (χ1n) is 7.01. The minimum atomic E-state index is -0.405. The number of hydrogen-bond donors (Lipinski definition) is 1. The number of nitrogens with zero attached hydrogens (tertiary/aromatic N) is 3. The second-order valence-electron chi connectivity index (χ2n) is 4.79. The van der Waals surface area contributed by atoms with Crippen molar-refractivity contribution in [2.75, 3.05) is 5.32 Å². The van der Waals surface area contributed by atoms with E-state index in [4.69, 9.17) is 9.68 Å². The van der Waals surface area contributed by atoms with Gasteiger partial charge in [0.15, 0.2) is 0 Å². The molecule has 1 unspecified atom stereocenters. The third-order valence-electron chi connectivity index (χ3n) is 3.07. The quantitative estimate of drug-likeness (QED) is 0.699. The summed E-state index contributed by atoms with van der Waals surface area (Å²) < 4.78 is 5.56. The number of anilines is 1. The third kappa shape index (κ3) is 3.82. The molecule has 2 heterocycles. The molecule has 0 spiro atoms. The van der Waals surface area contributed by atoms with Gasteiger partial charge in [-0.2, -0.15) is 5.26 Å². The van der Waals surface area contributed by atoms with E-state index in [1.165, 1.54) is 23.1 Å². The summed E-state index contributed by atoms with van der Waals surface area (Å²) in [7, 11) is 0. The first-order chi connectivity index (χ1) is 11.7. The molecule has 120 valence electrons. The molecule has 0 saturated heterocycles. The third-order valence-corrected chi connectivity index (χ3v) is 4.86. The van der Waals surface area contributed by atoms with Crippen LogP contribution >= 0.6 is 23.1 Å². The van der Waals surface area contributed by atoms with Crippen molar-refractivity contribution in [3.05, 3.63) is 47.3 Å². The topological polar surface area (TPSA) is 91.8 Å². The molecule has 3 aromatic rings. The molecule has 1 atom stereocenters. The summed E-state index contributed by atoms with van der Waals surface area (Å²) in [6, 6.07) is 12.5. The number of amides is 1. The molecule has 6 nitrogen and oxygen atoms in total. The number of carbonyl (C=O) groups is 1. The van der Waals surface area contributed by atoms with Crippen LogP contribution in [0.2, 0.25) is 0 Å². The number of hydrogen-bond acceptors (Lipinski definition) is 7. The highest BCUT2D eigenvalue weighted by atomic mass is 32.2. The lowest BCUT2D eigenvalue weighted by atomic mass is 10.2. The van der Waals surface area contributed by atoms with E-state index in [-0.39, 0.29) is 5.91 Å². The molecule has 1 aromatic carbocycles. The Morgan fingerprint density at radius 3 is 2.79 bits per heavy atom. The van der Waals surface area contributed by atoms with Gasteiger partial charge in [-0.3, -0.25) is 4.79 Å². The first-order valence-corrected chi connectivity index (χ1v) is 8.76. The highest BCUT2D eigenvalue weighted by molar-refractivity contribution is 8.00. The lowest BCUT2D eigenvalue weighted by Gasteiger charge is -2.09. The fraction of sp³-hybridized carbons (Fsp3) is 0.125. The lowest BCUT2D eigenvalue weighted by molar-refractivity contribution is -0.115. The van der Waals surface area contributed by atoms with E-state index in [1.807, 2.05) is 23.6 Å².